The number of carbonyl (C=O) groups is 2. The molecule has 0 bridgehead atoms. The van der Waals surface area contributed by atoms with Crippen molar-refractivity contribution in [2.24, 2.45) is 0 Å². The van der Waals surface area contributed by atoms with Gasteiger partial charge in [-0.05, 0) is 38.3 Å². The SMILES string of the molecule is CC(=O)c1cccc(OCCCC(=O)N(CCO)C2CCCCC2)c1[N+](=O)[O-]. The van der Waals surface area contributed by atoms with Crippen LogP contribution in [0.15, 0.2) is 18.2 Å². The molecule has 1 N–H and O–H groups in total. The fraction of sp³-hybridized carbons (Fsp3) is 0.600. The predicted molar refractivity (Wildman–Crippen MR) is 104 cm³/mol. The molecule has 1 aromatic carbocycles. The number of ether oxygens (including phenoxy) is 1. The van der Waals surface area contributed by atoms with Crippen LogP contribution in [-0.4, -0.2) is 52.4 Å². The third kappa shape index (κ3) is 5.76. The van der Waals surface area contributed by atoms with E-state index in [1.165, 1.54) is 31.5 Å². The number of aliphatic hydroxyl groups is 1. The van der Waals surface area contributed by atoms with E-state index in [0.717, 1.165) is 25.7 Å². The summed E-state index contributed by atoms with van der Waals surface area (Å²) < 4.78 is 5.51. The molecular weight excluding hydrogens is 364 g/mol. The number of ketones is 1. The summed E-state index contributed by atoms with van der Waals surface area (Å²) in [7, 11) is 0. The fourth-order valence-electron chi connectivity index (χ4n) is 3.67. The lowest BCUT2D eigenvalue weighted by Crippen LogP contribution is -2.43. The molecule has 0 unspecified atom stereocenters. The van der Waals surface area contributed by atoms with Gasteiger partial charge in [0.05, 0.1) is 23.7 Å². The minimum atomic E-state index is -0.622. The van der Waals surface area contributed by atoms with Gasteiger partial charge >= 0.3 is 5.69 Å². The molecular formula is C20H28N2O6. The van der Waals surface area contributed by atoms with Crippen LogP contribution in [0.1, 0.15) is 62.2 Å². The Morgan fingerprint density at radius 1 is 1.29 bits per heavy atom. The number of aliphatic hydroxyl groups excluding tert-OH is 1. The Bertz CT molecular complexity index is 700. The molecule has 1 fully saturated rings. The minimum absolute atomic E-state index is 0.00463. The molecule has 0 spiro atoms. The molecule has 1 aromatic rings. The highest BCUT2D eigenvalue weighted by atomic mass is 16.6. The fourth-order valence-corrected chi connectivity index (χ4v) is 3.67. The molecule has 1 saturated carbocycles. The Morgan fingerprint density at radius 2 is 2.00 bits per heavy atom. The van der Waals surface area contributed by atoms with Crippen LogP contribution in [0.25, 0.3) is 0 Å². The van der Waals surface area contributed by atoms with Gasteiger partial charge in [-0.15, -0.1) is 0 Å². The Morgan fingerprint density at radius 3 is 2.61 bits per heavy atom. The van der Waals surface area contributed by atoms with Gasteiger partial charge in [-0.2, -0.15) is 0 Å². The van der Waals surface area contributed by atoms with Gasteiger partial charge in [-0.25, -0.2) is 0 Å². The molecule has 0 heterocycles. The lowest BCUT2D eigenvalue weighted by Gasteiger charge is -2.34. The Labute approximate surface area is 164 Å². The van der Waals surface area contributed by atoms with Crippen molar-refractivity contribution in [3.63, 3.8) is 0 Å². The van der Waals surface area contributed by atoms with E-state index in [9.17, 15) is 24.8 Å². The smallest absolute Gasteiger partial charge is 0.321 e. The highest BCUT2D eigenvalue weighted by Gasteiger charge is 2.25. The third-order valence-corrected chi connectivity index (χ3v) is 5.03. The Kier molecular flexibility index (Phi) is 8.38. The van der Waals surface area contributed by atoms with Crippen molar-refractivity contribution in [2.75, 3.05) is 19.8 Å². The Hall–Kier alpha value is -2.48. The van der Waals surface area contributed by atoms with Crippen LogP contribution in [0, 0.1) is 10.1 Å². The van der Waals surface area contributed by atoms with Crippen molar-refractivity contribution in [2.45, 2.75) is 57.9 Å². The van der Waals surface area contributed by atoms with Gasteiger partial charge in [0.2, 0.25) is 5.91 Å². The lowest BCUT2D eigenvalue weighted by molar-refractivity contribution is -0.386. The normalized spacial score (nSPS) is 14.5. The molecule has 28 heavy (non-hydrogen) atoms. The first-order valence-corrected chi connectivity index (χ1v) is 9.77. The van der Waals surface area contributed by atoms with Crippen LogP contribution in [0.3, 0.4) is 0 Å². The quantitative estimate of drug-likeness (QED) is 0.283. The van der Waals surface area contributed by atoms with Gasteiger partial charge in [-0.1, -0.05) is 25.3 Å². The topological polar surface area (TPSA) is 110 Å². The molecule has 154 valence electrons. The van der Waals surface area contributed by atoms with E-state index in [-0.39, 0.29) is 48.6 Å². The van der Waals surface area contributed by atoms with Crippen LogP contribution in [-0.2, 0) is 4.79 Å². The average Bonchev–Trinajstić information content (AvgIpc) is 2.69. The lowest BCUT2D eigenvalue weighted by atomic mass is 9.94. The van der Waals surface area contributed by atoms with E-state index >= 15 is 0 Å². The van der Waals surface area contributed by atoms with Crippen LogP contribution < -0.4 is 4.74 Å². The molecule has 1 aliphatic carbocycles. The summed E-state index contributed by atoms with van der Waals surface area (Å²) in [4.78, 5) is 36.6. The van der Waals surface area contributed by atoms with Crippen molar-refractivity contribution in [1.29, 1.82) is 0 Å². The molecule has 1 aliphatic rings. The van der Waals surface area contributed by atoms with Crippen molar-refractivity contribution >= 4 is 17.4 Å². The van der Waals surface area contributed by atoms with Crippen LogP contribution in [0.2, 0.25) is 0 Å². The zero-order chi connectivity index (χ0) is 20.5. The number of nitrogens with zero attached hydrogens (tertiary/aromatic N) is 2. The zero-order valence-corrected chi connectivity index (χ0v) is 16.3. The maximum absolute atomic E-state index is 12.6. The first kappa shape index (κ1) is 21.8. The summed E-state index contributed by atoms with van der Waals surface area (Å²) in [5, 5.41) is 20.6. The second kappa shape index (κ2) is 10.8. The maximum Gasteiger partial charge on any atom is 0.321 e. The van der Waals surface area contributed by atoms with E-state index in [4.69, 9.17) is 4.74 Å². The number of rotatable bonds is 10. The molecule has 2 rings (SSSR count). The van der Waals surface area contributed by atoms with Crippen molar-refractivity contribution in [3.8, 4) is 5.75 Å². The minimum Gasteiger partial charge on any atom is -0.487 e. The first-order valence-electron chi connectivity index (χ1n) is 9.77. The van der Waals surface area contributed by atoms with Gasteiger partial charge < -0.3 is 14.7 Å². The highest BCUT2D eigenvalue weighted by Crippen LogP contribution is 2.31. The molecule has 0 atom stereocenters. The number of hydrogen-bond acceptors (Lipinski definition) is 6. The van der Waals surface area contributed by atoms with Crippen LogP contribution in [0.5, 0.6) is 5.75 Å². The summed E-state index contributed by atoms with van der Waals surface area (Å²) >= 11 is 0. The molecule has 0 aliphatic heterocycles. The summed E-state index contributed by atoms with van der Waals surface area (Å²) in [5.41, 5.74) is -0.338. The number of amides is 1. The van der Waals surface area contributed by atoms with Gasteiger partial charge in [0.15, 0.2) is 11.5 Å². The van der Waals surface area contributed by atoms with Crippen molar-refractivity contribution in [1.82, 2.24) is 4.90 Å². The Balaban J connectivity index is 1.92. The van der Waals surface area contributed by atoms with Gasteiger partial charge in [-0.3, -0.25) is 19.7 Å². The van der Waals surface area contributed by atoms with E-state index < -0.39 is 10.7 Å². The number of benzene rings is 1. The van der Waals surface area contributed by atoms with Crippen molar-refractivity contribution < 1.29 is 24.4 Å². The standard InChI is InChI=1S/C20H28N2O6/c1-15(24)17-9-5-10-18(20(17)22(26)27)28-14-6-11-19(25)21(12-13-23)16-7-3-2-4-8-16/h5,9-10,16,23H,2-4,6-8,11-14H2,1H3. The monoisotopic (exact) mass is 392 g/mol. The van der Waals surface area contributed by atoms with Gasteiger partial charge in [0.1, 0.15) is 0 Å². The number of carbonyl (C=O) groups excluding carboxylic acids is 2. The third-order valence-electron chi connectivity index (χ3n) is 5.03. The zero-order valence-electron chi connectivity index (χ0n) is 16.3. The van der Waals surface area contributed by atoms with E-state index in [2.05, 4.69) is 0 Å². The molecule has 0 radical (unpaired) electrons. The summed E-state index contributed by atoms with van der Waals surface area (Å²) in [6.07, 6.45) is 5.95. The first-order chi connectivity index (χ1) is 13.5. The van der Waals surface area contributed by atoms with Gasteiger partial charge in [0, 0.05) is 19.0 Å². The van der Waals surface area contributed by atoms with E-state index in [1.807, 2.05) is 0 Å². The van der Waals surface area contributed by atoms with Crippen LogP contribution >= 0.6 is 0 Å². The molecule has 8 heteroatoms. The van der Waals surface area contributed by atoms with E-state index in [0.29, 0.717) is 13.0 Å². The van der Waals surface area contributed by atoms with E-state index in [1.54, 1.807) is 4.90 Å². The summed E-state index contributed by atoms with van der Waals surface area (Å²) in [5.74, 6) is -0.402. The summed E-state index contributed by atoms with van der Waals surface area (Å²) in [6.45, 7) is 1.66. The van der Waals surface area contributed by atoms with Gasteiger partial charge in [0.25, 0.3) is 0 Å². The average molecular weight is 392 g/mol. The number of hydrogen-bond donors (Lipinski definition) is 1. The molecule has 1 amide bonds. The number of nitro groups is 1. The highest BCUT2D eigenvalue weighted by molar-refractivity contribution is 5.99. The predicted octanol–water partition coefficient (Wildman–Crippen LogP) is 3.11. The van der Waals surface area contributed by atoms with Crippen molar-refractivity contribution in [3.05, 3.63) is 33.9 Å². The number of nitro benzene ring substituents is 1. The molecule has 8 nitrogen and oxygen atoms in total. The molecule has 0 aromatic heterocycles. The number of Topliss-reactive ketones (excluding diaryl/α,β-unsaturated/α-hetero) is 1. The second-order valence-electron chi connectivity index (χ2n) is 7.02. The second-order valence-corrected chi connectivity index (χ2v) is 7.02. The maximum atomic E-state index is 12.6. The summed E-state index contributed by atoms with van der Waals surface area (Å²) in [6, 6.07) is 4.57. The largest absolute Gasteiger partial charge is 0.487 e. The number of para-hydroxylation sites is 1. The van der Waals surface area contributed by atoms with Crippen LogP contribution in [0.4, 0.5) is 5.69 Å². The molecule has 0 saturated heterocycles.